The fourth-order valence-electron chi connectivity index (χ4n) is 2.01. The van der Waals surface area contributed by atoms with Gasteiger partial charge in [-0.25, -0.2) is 13.1 Å². The minimum absolute atomic E-state index is 0.275. The molecule has 1 saturated carbocycles. The first-order chi connectivity index (χ1) is 10.8. The number of sulfonamides is 1. The van der Waals surface area contributed by atoms with Gasteiger partial charge in [0, 0.05) is 18.8 Å². The Bertz CT molecular complexity index is 795. The van der Waals surface area contributed by atoms with Crippen molar-refractivity contribution in [2.75, 3.05) is 4.72 Å². The van der Waals surface area contributed by atoms with Crippen molar-refractivity contribution < 1.29 is 21.6 Å². The van der Waals surface area contributed by atoms with E-state index in [1.54, 1.807) is 0 Å². The lowest BCUT2D eigenvalue weighted by atomic mass is 10.3. The van der Waals surface area contributed by atoms with Gasteiger partial charge in [-0.3, -0.25) is 9.71 Å². The van der Waals surface area contributed by atoms with Crippen molar-refractivity contribution in [2.24, 2.45) is 5.92 Å². The van der Waals surface area contributed by atoms with Crippen molar-refractivity contribution in [3.05, 3.63) is 36.3 Å². The van der Waals surface area contributed by atoms with Gasteiger partial charge in [-0.1, -0.05) is 0 Å². The Hall–Kier alpha value is -2.10. The fraction of sp³-hybridized carbons (Fsp3) is 0.385. The molecule has 0 amide bonds. The number of pyridine rings is 1. The van der Waals surface area contributed by atoms with Crippen LogP contribution in [0.2, 0.25) is 0 Å². The summed E-state index contributed by atoms with van der Waals surface area (Å²) in [4.78, 5) is 2.82. The van der Waals surface area contributed by atoms with Crippen molar-refractivity contribution in [1.29, 1.82) is 0 Å². The highest BCUT2D eigenvalue weighted by atomic mass is 32.2. The molecule has 0 aliphatic heterocycles. The second kappa shape index (κ2) is 5.52. The maximum atomic E-state index is 12.5. The second-order valence-electron chi connectivity index (χ2n) is 5.32. The van der Waals surface area contributed by atoms with E-state index in [2.05, 4.69) is 14.8 Å². The van der Waals surface area contributed by atoms with E-state index in [1.807, 2.05) is 0 Å². The zero-order valence-corrected chi connectivity index (χ0v) is 12.6. The Kier molecular flexibility index (Phi) is 3.78. The summed E-state index contributed by atoms with van der Waals surface area (Å²) < 4.78 is 65.7. The first-order valence-corrected chi connectivity index (χ1v) is 8.32. The average molecular weight is 346 g/mol. The highest BCUT2D eigenvalue weighted by Gasteiger charge is 2.32. The van der Waals surface area contributed by atoms with Crippen LogP contribution in [-0.4, -0.2) is 23.2 Å². The molecule has 23 heavy (non-hydrogen) atoms. The van der Waals surface area contributed by atoms with E-state index in [1.165, 1.54) is 16.9 Å². The Balaban J connectivity index is 1.80. The predicted octanol–water partition coefficient (Wildman–Crippen LogP) is 2.51. The minimum atomic E-state index is -4.61. The Morgan fingerprint density at radius 2 is 2.00 bits per heavy atom. The molecular formula is C13H13F3N4O2S. The van der Waals surface area contributed by atoms with E-state index in [9.17, 15) is 21.6 Å². The molecule has 2 heterocycles. The van der Waals surface area contributed by atoms with Gasteiger partial charge in [0.15, 0.2) is 0 Å². The van der Waals surface area contributed by atoms with Crippen LogP contribution in [0.15, 0.2) is 35.5 Å². The summed E-state index contributed by atoms with van der Waals surface area (Å²) in [6, 6.07) is 3.01. The van der Waals surface area contributed by atoms with Crippen LogP contribution in [-0.2, 0) is 22.7 Å². The van der Waals surface area contributed by atoms with Crippen LogP contribution in [0, 0.1) is 5.92 Å². The van der Waals surface area contributed by atoms with Crippen LogP contribution in [0.3, 0.4) is 0 Å². The maximum absolute atomic E-state index is 12.5. The molecule has 124 valence electrons. The van der Waals surface area contributed by atoms with E-state index in [-0.39, 0.29) is 10.7 Å². The molecule has 3 rings (SSSR count). The molecule has 0 unspecified atom stereocenters. The summed E-state index contributed by atoms with van der Waals surface area (Å²) in [5, 5.41) is 4.05. The highest BCUT2D eigenvalue weighted by molar-refractivity contribution is 7.92. The SMILES string of the molecule is O=S(=O)(Nc1ccnn1CC1CC1)c1ccc(C(F)(F)F)nc1. The lowest BCUT2D eigenvalue weighted by Gasteiger charge is -2.11. The molecule has 2 aromatic rings. The van der Waals surface area contributed by atoms with E-state index in [0.29, 0.717) is 24.7 Å². The smallest absolute Gasteiger partial charge is 0.264 e. The standard InChI is InChI=1S/C13H13F3N4O2S/c14-13(15,16)11-4-3-10(7-17-11)23(21,22)19-12-5-6-18-20(12)8-9-1-2-9/h3-7,9,19H,1-2,8H2. The number of alkyl halides is 3. The summed E-state index contributed by atoms with van der Waals surface area (Å²) in [7, 11) is -4.02. The molecule has 0 spiro atoms. The van der Waals surface area contributed by atoms with Gasteiger partial charge in [-0.05, 0) is 30.9 Å². The van der Waals surface area contributed by atoms with Gasteiger partial charge in [0.05, 0.1) is 6.20 Å². The van der Waals surface area contributed by atoms with Crippen molar-refractivity contribution in [1.82, 2.24) is 14.8 Å². The summed E-state index contributed by atoms with van der Waals surface area (Å²) >= 11 is 0. The van der Waals surface area contributed by atoms with E-state index in [0.717, 1.165) is 18.9 Å². The average Bonchev–Trinajstić information content (AvgIpc) is 3.19. The van der Waals surface area contributed by atoms with Crippen LogP contribution in [0.1, 0.15) is 18.5 Å². The Morgan fingerprint density at radius 1 is 1.26 bits per heavy atom. The Labute approximate surface area is 130 Å². The number of halogens is 3. The van der Waals surface area contributed by atoms with Crippen LogP contribution < -0.4 is 4.72 Å². The Morgan fingerprint density at radius 3 is 2.57 bits per heavy atom. The van der Waals surface area contributed by atoms with Gasteiger partial charge < -0.3 is 0 Å². The number of rotatable bonds is 5. The highest BCUT2D eigenvalue weighted by Crippen LogP contribution is 2.31. The molecule has 6 nitrogen and oxygen atoms in total. The third kappa shape index (κ3) is 3.63. The summed E-state index contributed by atoms with van der Waals surface area (Å²) in [6.45, 7) is 0.607. The number of anilines is 1. The molecule has 1 N–H and O–H groups in total. The molecule has 0 bridgehead atoms. The van der Waals surface area contributed by atoms with Gasteiger partial charge in [-0.2, -0.15) is 18.3 Å². The predicted molar refractivity (Wildman–Crippen MR) is 75.0 cm³/mol. The van der Waals surface area contributed by atoms with E-state index < -0.39 is 21.9 Å². The van der Waals surface area contributed by atoms with Crippen molar-refractivity contribution in [3.8, 4) is 0 Å². The quantitative estimate of drug-likeness (QED) is 0.902. The van der Waals surface area contributed by atoms with Crippen LogP contribution in [0.5, 0.6) is 0 Å². The molecule has 0 aromatic carbocycles. The number of hydrogen-bond donors (Lipinski definition) is 1. The topological polar surface area (TPSA) is 76.9 Å². The fourth-order valence-corrected chi connectivity index (χ4v) is 3.02. The lowest BCUT2D eigenvalue weighted by Crippen LogP contribution is -2.18. The van der Waals surface area contributed by atoms with Crippen molar-refractivity contribution in [2.45, 2.75) is 30.5 Å². The minimum Gasteiger partial charge on any atom is -0.264 e. The number of hydrogen-bond acceptors (Lipinski definition) is 4. The molecule has 10 heteroatoms. The molecule has 1 aliphatic rings. The number of nitrogens with one attached hydrogen (secondary N) is 1. The van der Waals surface area contributed by atoms with Gasteiger partial charge in [0.2, 0.25) is 0 Å². The summed E-state index contributed by atoms with van der Waals surface area (Å²) in [5.74, 6) is 0.766. The van der Waals surface area contributed by atoms with Gasteiger partial charge in [0.1, 0.15) is 16.4 Å². The summed E-state index contributed by atoms with van der Waals surface area (Å²) in [6.07, 6.45) is -0.305. The van der Waals surface area contributed by atoms with Crippen molar-refractivity contribution in [3.63, 3.8) is 0 Å². The monoisotopic (exact) mass is 346 g/mol. The second-order valence-corrected chi connectivity index (χ2v) is 7.01. The molecule has 1 aliphatic carbocycles. The first-order valence-electron chi connectivity index (χ1n) is 6.83. The largest absolute Gasteiger partial charge is 0.433 e. The maximum Gasteiger partial charge on any atom is 0.433 e. The molecule has 2 aromatic heterocycles. The van der Waals surface area contributed by atoms with Crippen LogP contribution >= 0.6 is 0 Å². The third-order valence-electron chi connectivity index (χ3n) is 3.42. The van der Waals surface area contributed by atoms with Crippen molar-refractivity contribution >= 4 is 15.8 Å². The van der Waals surface area contributed by atoms with E-state index in [4.69, 9.17) is 0 Å². The van der Waals surface area contributed by atoms with E-state index >= 15 is 0 Å². The zero-order chi connectivity index (χ0) is 16.7. The van der Waals surface area contributed by atoms with Gasteiger partial charge in [0.25, 0.3) is 10.0 Å². The molecule has 1 fully saturated rings. The molecule has 0 saturated heterocycles. The normalized spacial score (nSPS) is 15.6. The number of aromatic nitrogens is 3. The zero-order valence-electron chi connectivity index (χ0n) is 11.8. The molecule has 0 atom stereocenters. The molecular weight excluding hydrogens is 333 g/mol. The van der Waals surface area contributed by atoms with Crippen LogP contribution in [0.25, 0.3) is 0 Å². The third-order valence-corrected chi connectivity index (χ3v) is 4.76. The number of nitrogens with zero attached hydrogens (tertiary/aromatic N) is 3. The van der Waals surface area contributed by atoms with Gasteiger partial charge >= 0.3 is 6.18 Å². The summed E-state index contributed by atoms with van der Waals surface area (Å²) in [5.41, 5.74) is -1.14. The van der Waals surface area contributed by atoms with Crippen LogP contribution in [0.4, 0.5) is 19.0 Å². The first kappa shape index (κ1) is 15.8. The lowest BCUT2D eigenvalue weighted by molar-refractivity contribution is -0.141. The van der Waals surface area contributed by atoms with Gasteiger partial charge in [-0.15, -0.1) is 0 Å². The molecule has 0 radical (unpaired) electrons.